The van der Waals surface area contributed by atoms with Crippen molar-refractivity contribution in [3.8, 4) is 0 Å². The van der Waals surface area contributed by atoms with Gasteiger partial charge in [-0.2, -0.15) is 0 Å². The van der Waals surface area contributed by atoms with Gasteiger partial charge in [0.15, 0.2) is 12.2 Å². The predicted molar refractivity (Wildman–Crippen MR) is 102 cm³/mol. The molecule has 152 valence electrons. The van der Waals surface area contributed by atoms with Crippen molar-refractivity contribution in [3.63, 3.8) is 0 Å². The molecule has 0 unspecified atom stereocenters. The Balaban J connectivity index is 1.55. The van der Waals surface area contributed by atoms with Crippen molar-refractivity contribution < 1.29 is 24.5 Å². The zero-order valence-electron chi connectivity index (χ0n) is 15.7. The highest BCUT2D eigenvalue weighted by atomic mass is 16.5. The summed E-state index contributed by atoms with van der Waals surface area (Å²) in [6.45, 7) is 3.94. The maximum absolute atomic E-state index is 12.3. The first-order valence-corrected chi connectivity index (χ1v) is 9.30. The fraction of sp³-hybridized carbons (Fsp3) is 0.474. The Hall–Kier alpha value is -2.46. The summed E-state index contributed by atoms with van der Waals surface area (Å²) >= 11 is 0. The van der Waals surface area contributed by atoms with Crippen LogP contribution in [0.4, 0.5) is 5.69 Å². The molecule has 3 atom stereocenters. The molecule has 0 radical (unpaired) electrons. The summed E-state index contributed by atoms with van der Waals surface area (Å²) in [5.74, 6) is -1.47. The lowest BCUT2D eigenvalue weighted by molar-refractivity contribution is -0.156. The Labute approximate surface area is 163 Å². The van der Waals surface area contributed by atoms with Crippen molar-refractivity contribution in [2.75, 3.05) is 37.9 Å². The minimum absolute atomic E-state index is 0.327. The summed E-state index contributed by atoms with van der Waals surface area (Å²) in [4.78, 5) is 25.9. The average molecular weight is 390 g/mol. The molecule has 3 rings (SSSR count). The molecule has 0 saturated carbocycles. The lowest BCUT2D eigenvalue weighted by atomic mass is 10.1. The van der Waals surface area contributed by atoms with Crippen molar-refractivity contribution in [1.82, 2.24) is 15.6 Å². The molecule has 9 heteroatoms. The number of anilines is 1. The van der Waals surface area contributed by atoms with Crippen LogP contribution < -0.4 is 15.8 Å². The Morgan fingerprint density at radius 3 is 2.43 bits per heavy atom. The molecule has 2 heterocycles. The van der Waals surface area contributed by atoms with Crippen LogP contribution in [-0.2, 0) is 14.3 Å². The van der Waals surface area contributed by atoms with Crippen LogP contribution in [-0.4, -0.2) is 72.0 Å². The third-order valence-corrected chi connectivity index (χ3v) is 4.81. The SMILES string of the molecule is C[C@@H](NC(=O)[C@H](O)[C@@H](O)C(=O)N1CCOCC1)c1ccc(N2C=CCN2)cc1. The number of carbonyl (C=O) groups is 2. The number of hydrogen-bond donors (Lipinski definition) is 4. The molecular weight excluding hydrogens is 364 g/mol. The zero-order valence-corrected chi connectivity index (χ0v) is 15.7. The molecule has 1 aromatic rings. The van der Waals surface area contributed by atoms with Crippen LogP contribution in [0.25, 0.3) is 0 Å². The first-order valence-electron chi connectivity index (χ1n) is 9.30. The number of amides is 2. The van der Waals surface area contributed by atoms with Crippen molar-refractivity contribution in [3.05, 3.63) is 42.1 Å². The fourth-order valence-electron chi connectivity index (χ4n) is 3.09. The van der Waals surface area contributed by atoms with E-state index >= 15 is 0 Å². The zero-order chi connectivity index (χ0) is 20.1. The van der Waals surface area contributed by atoms with E-state index in [2.05, 4.69) is 10.7 Å². The van der Waals surface area contributed by atoms with E-state index in [1.807, 2.05) is 41.6 Å². The molecule has 4 N–H and O–H groups in total. The van der Waals surface area contributed by atoms with Gasteiger partial charge < -0.3 is 25.2 Å². The van der Waals surface area contributed by atoms with Gasteiger partial charge in [0.25, 0.3) is 11.8 Å². The van der Waals surface area contributed by atoms with E-state index in [-0.39, 0.29) is 0 Å². The average Bonchev–Trinajstić information content (AvgIpc) is 3.27. The van der Waals surface area contributed by atoms with Gasteiger partial charge >= 0.3 is 0 Å². The van der Waals surface area contributed by atoms with Gasteiger partial charge in [-0.05, 0) is 24.6 Å². The molecule has 28 heavy (non-hydrogen) atoms. The maximum Gasteiger partial charge on any atom is 0.254 e. The summed E-state index contributed by atoms with van der Waals surface area (Å²) in [7, 11) is 0. The van der Waals surface area contributed by atoms with Crippen LogP contribution in [0.15, 0.2) is 36.5 Å². The van der Waals surface area contributed by atoms with Crippen molar-refractivity contribution in [2.45, 2.75) is 25.2 Å². The number of nitrogens with zero attached hydrogens (tertiary/aromatic N) is 2. The van der Waals surface area contributed by atoms with Gasteiger partial charge in [-0.25, -0.2) is 5.43 Å². The molecule has 0 aromatic heterocycles. The molecule has 1 saturated heterocycles. The molecule has 0 spiro atoms. The smallest absolute Gasteiger partial charge is 0.254 e. The van der Waals surface area contributed by atoms with Crippen LogP contribution in [0.1, 0.15) is 18.5 Å². The van der Waals surface area contributed by atoms with E-state index in [1.165, 1.54) is 4.90 Å². The topological polar surface area (TPSA) is 114 Å². The van der Waals surface area contributed by atoms with Crippen LogP contribution in [0.3, 0.4) is 0 Å². The first-order chi connectivity index (χ1) is 13.5. The number of hydrazine groups is 1. The second-order valence-corrected chi connectivity index (χ2v) is 6.77. The molecule has 9 nitrogen and oxygen atoms in total. The molecule has 2 amide bonds. The highest BCUT2D eigenvalue weighted by molar-refractivity contribution is 5.90. The van der Waals surface area contributed by atoms with E-state index in [0.29, 0.717) is 26.3 Å². The van der Waals surface area contributed by atoms with Crippen LogP contribution in [0.2, 0.25) is 0 Å². The molecule has 2 aliphatic rings. The summed E-state index contributed by atoms with van der Waals surface area (Å²) in [5.41, 5.74) is 4.96. The molecule has 1 fully saturated rings. The number of aliphatic hydroxyl groups excluding tert-OH is 2. The summed E-state index contributed by atoms with van der Waals surface area (Å²) < 4.78 is 5.15. The van der Waals surface area contributed by atoms with Gasteiger partial charge in [0.05, 0.1) is 24.9 Å². The van der Waals surface area contributed by atoms with Crippen LogP contribution in [0, 0.1) is 0 Å². The number of hydrogen-bond acceptors (Lipinski definition) is 7. The Morgan fingerprint density at radius 2 is 1.82 bits per heavy atom. The summed E-state index contributed by atoms with van der Waals surface area (Å²) in [6, 6.07) is 7.16. The first kappa shape index (κ1) is 20.3. The second-order valence-electron chi connectivity index (χ2n) is 6.77. The van der Waals surface area contributed by atoms with Gasteiger partial charge in [0, 0.05) is 25.8 Å². The number of morpholine rings is 1. The van der Waals surface area contributed by atoms with E-state index in [0.717, 1.165) is 17.8 Å². The lowest BCUT2D eigenvalue weighted by Gasteiger charge is -2.30. The molecule has 0 aliphatic carbocycles. The van der Waals surface area contributed by atoms with Gasteiger partial charge in [-0.3, -0.25) is 14.6 Å². The number of aliphatic hydroxyl groups is 2. The minimum atomic E-state index is -1.84. The quantitative estimate of drug-likeness (QED) is 0.507. The van der Waals surface area contributed by atoms with Crippen molar-refractivity contribution in [1.29, 1.82) is 0 Å². The normalized spacial score (nSPS) is 20.0. The van der Waals surface area contributed by atoms with E-state index in [9.17, 15) is 19.8 Å². The van der Waals surface area contributed by atoms with Crippen molar-refractivity contribution >= 4 is 17.5 Å². The minimum Gasteiger partial charge on any atom is -0.380 e. The number of rotatable bonds is 6. The summed E-state index contributed by atoms with van der Waals surface area (Å²) in [5, 5.41) is 24.7. The fourth-order valence-corrected chi connectivity index (χ4v) is 3.09. The summed E-state index contributed by atoms with van der Waals surface area (Å²) in [6.07, 6.45) is 0.294. The van der Waals surface area contributed by atoms with Gasteiger partial charge in [0.2, 0.25) is 0 Å². The number of benzene rings is 1. The number of carbonyl (C=O) groups excluding carboxylic acids is 2. The highest BCUT2D eigenvalue weighted by Gasteiger charge is 2.34. The third kappa shape index (κ3) is 4.68. The van der Waals surface area contributed by atoms with Crippen LogP contribution >= 0.6 is 0 Å². The van der Waals surface area contributed by atoms with E-state index < -0.39 is 30.1 Å². The van der Waals surface area contributed by atoms with E-state index in [4.69, 9.17) is 4.74 Å². The second kappa shape index (κ2) is 9.16. The van der Waals surface area contributed by atoms with Gasteiger partial charge in [-0.1, -0.05) is 18.2 Å². The maximum atomic E-state index is 12.3. The molecule has 0 bridgehead atoms. The van der Waals surface area contributed by atoms with Crippen molar-refractivity contribution in [2.24, 2.45) is 0 Å². The van der Waals surface area contributed by atoms with Crippen LogP contribution in [0.5, 0.6) is 0 Å². The Bertz CT molecular complexity index is 718. The van der Waals surface area contributed by atoms with E-state index in [1.54, 1.807) is 6.92 Å². The highest BCUT2D eigenvalue weighted by Crippen LogP contribution is 2.20. The number of nitrogens with one attached hydrogen (secondary N) is 2. The van der Waals surface area contributed by atoms with Gasteiger partial charge in [0.1, 0.15) is 0 Å². The third-order valence-electron chi connectivity index (χ3n) is 4.81. The molecule has 1 aromatic carbocycles. The molecule has 2 aliphatic heterocycles. The Morgan fingerprint density at radius 1 is 1.14 bits per heavy atom. The van der Waals surface area contributed by atoms with Gasteiger partial charge in [-0.15, -0.1) is 0 Å². The largest absolute Gasteiger partial charge is 0.380 e. The predicted octanol–water partition coefficient (Wildman–Crippen LogP) is -0.717. The monoisotopic (exact) mass is 390 g/mol. The Kier molecular flexibility index (Phi) is 6.63. The lowest BCUT2D eigenvalue weighted by Crippen LogP contribution is -2.53. The number of ether oxygens (including phenoxy) is 1. The standard InChI is InChI=1S/C19H26N4O5/c1-13(14-3-5-15(6-4-14)23-8-2-7-20-23)21-18(26)16(24)17(25)19(27)22-9-11-28-12-10-22/h2-6,8,13,16-17,20,24-25H,7,9-12H2,1H3,(H,21,26)/t13-,16-,17-/m1/s1. The molecular formula is C19H26N4O5.